The zero-order chi connectivity index (χ0) is 14.3. The van der Waals surface area contributed by atoms with Crippen LogP contribution in [0.15, 0.2) is 11.6 Å². The molecule has 0 radical (unpaired) electrons. The molecule has 0 bridgehead atoms. The van der Waals surface area contributed by atoms with Crippen LogP contribution >= 0.6 is 11.3 Å². The van der Waals surface area contributed by atoms with Crippen LogP contribution in [0.1, 0.15) is 37.1 Å². The van der Waals surface area contributed by atoms with Crippen molar-refractivity contribution >= 4 is 11.3 Å². The highest BCUT2D eigenvalue weighted by molar-refractivity contribution is 7.09. The van der Waals surface area contributed by atoms with E-state index in [1.165, 1.54) is 37.1 Å². The lowest BCUT2D eigenvalue weighted by Crippen LogP contribution is -2.44. The maximum atomic E-state index is 6.30. The van der Waals surface area contributed by atoms with Crippen molar-refractivity contribution in [3.8, 4) is 0 Å². The van der Waals surface area contributed by atoms with E-state index in [9.17, 15) is 0 Å². The molecule has 4 nitrogen and oxygen atoms in total. The van der Waals surface area contributed by atoms with Crippen molar-refractivity contribution in [3.63, 3.8) is 0 Å². The van der Waals surface area contributed by atoms with Gasteiger partial charge in [-0.15, -0.1) is 11.3 Å². The second kappa shape index (κ2) is 5.61. The van der Waals surface area contributed by atoms with Crippen LogP contribution < -0.4 is 0 Å². The topological polar surface area (TPSA) is 28.6 Å². The highest BCUT2D eigenvalue weighted by Gasteiger charge is 2.45. The van der Waals surface area contributed by atoms with Crippen LogP contribution in [-0.4, -0.2) is 59.2 Å². The Hall–Kier alpha value is -0.490. The summed E-state index contributed by atoms with van der Waals surface area (Å²) < 4.78 is 6.30. The molecule has 1 aromatic heterocycles. The Labute approximate surface area is 131 Å². The average Bonchev–Trinajstić information content (AvgIpc) is 3.08. The third-order valence-electron chi connectivity index (χ3n) is 5.50. The fraction of sp³-hybridized carbons (Fsp3) is 0.812. The van der Waals surface area contributed by atoms with E-state index in [-0.39, 0.29) is 5.60 Å². The zero-order valence-electron chi connectivity index (χ0n) is 12.8. The number of aromatic nitrogens is 1. The molecule has 0 amide bonds. The van der Waals surface area contributed by atoms with Crippen molar-refractivity contribution in [1.29, 1.82) is 0 Å². The fourth-order valence-corrected chi connectivity index (χ4v) is 4.51. The second-order valence-corrected chi connectivity index (χ2v) is 7.93. The summed E-state index contributed by atoms with van der Waals surface area (Å²) in [4.78, 5) is 9.51. The first-order valence-electron chi connectivity index (χ1n) is 8.21. The molecule has 116 valence electrons. The monoisotopic (exact) mass is 307 g/mol. The molecule has 0 N–H and O–H groups in total. The van der Waals surface area contributed by atoms with Gasteiger partial charge in [-0.1, -0.05) is 0 Å². The van der Waals surface area contributed by atoms with Crippen LogP contribution in [0.3, 0.4) is 0 Å². The second-order valence-electron chi connectivity index (χ2n) is 6.95. The predicted octanol–water partition coefficient (Wildman–Crippen LogP) is 2.36. The van der Waals surface area contributed by atoms with E-state index in [1.54, 1.807) is 11.3 Å². The summed E-state index contributed by atoms with van der Waals surface area (Å²) in [6.45, 7) is 4.26. The van der Waals surface area contributed by atoms with Gasteiger partial charge in [0.1, 0.15) is 5.01 Å². The lowest BCUT2D eigenvalue weighted by molar-refractivity contribution is -0.0452. The first kappa shape index (κ1) is 14.1. The molecule has 3 heterocycles. The van der Waals surface area contributed by atoms with E-state index in [1.807, 2.05) is 6.20 Å². The van der Waals surface area contributed by atoms with E-state index in [0.717, 1.165) is 32.3 Å². The van der Waals surface area contributed by atoms with Gasteiger partial charge in [-0.3, -0.25) is 9.80 Å². The quantitative estimate of drug-likeness (QED) is 0.854. The van der Waals surface area contributed by atoms with Gasteiger partial charge < -0.3 is 4.74 Å². The Morgan fingerprint density at radius 1 is 1.38 bits per heavy atom. The number of thiazole rings is 1. The Morgan fingerprint density at radius 2 is 2.19 bits per heavy atom. The summed E-state index contributed by atoms with van der Waals surface area (Å²) in [6.07, 6.45) is 8.30. The van der Waals surface area contributed by atoms with E-state index in [0.29, 0.717) is 6.04 Å². The standard InChI is InChI=1S/C16H25N3OS/c1-18(13-2-3-13)14-10-16(20-12-14)4-7-19(8-5-16)11-15-17-6-9-21-15/h6,9,13-14H,2-5,7-8,10-12H2,1H3. The maximum Gasteiger partial charge on any atom is 0.107 e. The zero-order valence-corrected chi connectivity index (χ0v) is 13.6. The summed E-state index contributed by atoms with van der Waals surface area (Å²) >= 11 is 1.76. The molecule has 5 heteroatoms. The van der Waals surface area contributed by atoms with Gasteiger partial charge in [0.25, 0.3) is 0 Å². The molecule has 2 saturated heterocycles. The van der Waals surface area contributed by atoms with Crippen molar-refractivity contribution in [3.05, 3.63) is 16.6 Å². The van der Waals surface area contributed by atoms with Crippen LogP contribution in [0.4, 0.5) is 0 Å². The molecule has 21 heavy (non-hydrogen) atoms. The van der Waals surface area contributed by atoms with E-state index >= 15 is 0 Å². The summed E-state index contributed by atoms with van der Waals surface area (Å²) in [5, 5.41) is 3.31. The summed E-state index contributed by atoms with van der Waals surface area (Å²) in [5.74, 6) is 0. The Bertz CT molecular complexity index is 466. The molecular weight excluding hydrogens is 282 g/mol. The Morgan fingerprint density at radius 3 is 2.86 bits per heavy atom. The van der Waals surface area contributed by atoms with Crippen molar-refractivity contribution in [1.82, 2.24) is 14.8 Å². The molecule has 1 spiro atoms. The van der Waals surface area contributed by atoms with Crippen molar-refractivity contribution in [2.75, 3.05) is 26.7 Å². The smallest absolute Gasteiger partial charge is 0.107 e. The van der Waals surface area contributed by atoms with Gasteiger partial charge in [0.2, 0.25) is 0 Å². The van der Waals surface area contributed by atoms with Gasteiger partial charge in [-0.2, -0.15) is 0 Å². The van der Waals surface area contributed by atoms with Crippen LogP contribution in [0, 0.1) is 0 Å². The maximum absolute atomic E-state index is 6.30. The number of likely N-dealkylation sites (tertiary alicyclic amines) is 1. The van der Waals surface area contributed by atoms with Crippen molar-refractivity contribution in [2.24, 2.45) is 0 Å². The van der Waals surface area contributed by atoms with E-state index < -0.39 is 0 Å². The number of nitrogens with zero attached hydrogens (tertiary/aromatic N) is 3. The normalized spacial score (nSPS) is 29.5. The average molecular weight is 307 g/mol. The third-order valence-corrected chi connectivity index (χ3v) is 6.26. The largest absolute Gasteiger partial charge is 0.373 e. The van der Waals surface area contributed by atoms with Gasteiger partial charge in [0, 0.05) is 36.8 Å². The van der Waals surface area contributed by atoms with E-state index in [4.69, 9.17) is 4.74 Å². The van der Waals surface area contributed by atoms with Crippen LogP contribution in [-0.2, 0) is 11.3 Å². The highest BCUT2D eigenvalue weighted by Crippen LogP contribution is 2.40. The van der Waals surface area contributed by atoms with Gasteiger partial charge >= 0.3 is 0 Å². The molecule has 3 fully saturated rings. The van der Waals surface area contributed by atoms with Crippen LogP contribution in [0.25, 0.3) is 0 Å². The van der Waals surface area contributed by atoms with Crippen molar-refractivity contribution in [2.45, 2.75) is 56.3 Å². The van der Waals surface area contributed by atoms with Crippen molar-refractivity contribution < 1.29 is 4.74 Å². The van der Waals surface area contributed by atoms with Gasteiger partial charge in [0.05, 0.1) is 18.8 Å². The molecule has 4 rings (SSSR count). The molecule has 1 aromatic rings. The number of likely N-dealkylation sites (N-methyl/N-ethyl adjacent to an activating group) is 1. The minimum absolute atomic E-state index is 0.174. The van der Waals surface area contributed by atoms with E-state index in [2.05, 4.69) is 27.2 Å². The predicted molar refractivity (Wildman–Crippen MR) is 84.5 cm³/mol. The molecule has 3 aliphatic rings. The first-order valence-corrected chi connectivity index (χ1v) is 9.09. The first-order chi connectivity index (χ1) is 10.2. The van der Waals surface area contributed by atoms with Gasteiger partial charge in [-0.25, -0.2) is 4.98 Å². The Balaban J connectivity index is 1.30. The van der Waals surface area contributed by atoms with Gasteiger partial charge in [0.15, 0.2) is 0 Å². The molecule has 1 saturated carbocycles. The number of piperidine rings is 1. The van der Waals surface area contributed by atoms with Crippen LogP contribution in [0.2, 0.25) is 0 Å². The minimum Gasteiger partial charge on any atom is -0.373 e. The Kier molecular flexibility index (Phi) is 3.78. The third kappa shape index (κ3) is 3.02. The molecule has 1 aliphatic carbocycles. The lowest BCUT2D eigenvalue weighted by atomic mass is 9.87. The lowest BCUT2D eigenvalue weighted by Gasteiger charge is -2.38. The molecule has 1 unspecified atom stereocenters. The molecular formula is C16H25N3OS. The van der Waals surface area contributed by atoms with Gasteiger partial charge in [-0.05, 0) is 39.2 Å². The molecule has 0 aromatic carbocycles. The number of rotatable bonds is 4. The highest BCUT2D eigenvalue weighted by atomic mass is 32.1. The summed E-state index contributed by atoms with van der Waals surface area (Å²) in [5.41, 5.74) is 0.174. The summed E-state index contributed by atoms with van der Waals surface area (Å²) in [6, 6.07) is 1.50. The number of ether oxygens (including phenoxy) is 1. The minimum atomic E-state index is 0.174. The fourth-order valence-electron chi connectivity index (χ4n) is 3.85. The SMILES string of the molecule is CN(C1CC1)C1COC2(CCN(Cc3nccs3)CC2)C1. The molecule has 2 aliphatic heterocycles. The number of hydrogen-bond donors (Lipinski definition) is 0. The van der Waals surface area contributed by atoms with Crippen LogP contribution in [0.5, 0.6) is 0 Å². The number of hydrogen-bond acceptors (Lipinski definition) is 5. The summed E-state index contributed by atoms with van der Waals surface area (Å²) in [7, 11) is 2.29. The molecule has 1 atom stereocenters.